The number of benzene rings is 1. The van der Waals surface area contributed by atoms with E-state index in [1.807, 2.05) is 6.07 Å². The molecule has 1 aromatic carbocycles. The van der Waals surface area contributed by atoms with Crippen LogP contribution in [-0.2, 0) is 4.74 Å². The summed E-state index contributed by atoms with van der Waals surface area (Å²) in [5.74, 6) is -1.53. The summed E-state index contributed by atoms with van der Waals surface area (Å²) in [6.07, 6.45) is 1.23. The number of hydrogen-bond acceptors (Lipinski definition) is 6. The second kappa shape index (κ2) is 6.72. The molecule has 0 amide bonds. The summed E-state index contributed by atoms with van der Waals surface area (Å²) in [7, 11) is 0. The average molecular weight is 352 g/mol. The van der Waals surface area contributed by atoms with Crippen LogP contribution in [0.25, 0.3) is 16.6 Å². The van der Waals surface area contributed by atoms with Gasteiger partial charge in [-0.05, 0) is 32.0 Å². The molecule has 0 N–H and O–H groups in total. The highest BCUT2D eigenvalue weighted by atomic mass is 19.1. The summed E-state index contributed by atoms with van der Waals surface area (Å²) < 4.78 is 19.7. The van der Waals surface area contributed by atoms with Crippen molar-refractivity contribution in [1.82, 2.24) is 14.8 Å². The topological polar surface area (TPSA) is 97.9 Å². The molecule has 2 heterocycles. The highest BCUT2D eigenvalue weighted by Crippen LogP contribution is 2.19. The van der Waals surface area contributed by atoms with Gasteiger partial charge in [-0.2, -0.15) is 14.8 Å². The van der Waals surface area contributed by atoms with E-state index in [1.54, 1.807) is 19.1 Å². The van der Waals surface area contributed by atoms with Crippen molar-refractivity contribution in [1.29, 1.82) is 5.26 Å². The molecule has 0 spiro atoms. The van der Waals surface area contributed by atoms with Crippen molar-refractivity contribution in [2.45, 2.75) is 13.8 Å². The fraction of sp³-hybridized carbons (Fsp3) is 0.167. The second-order valence-corrected chi connectivity index (χ2v) is 5.42. The predicted octanol–water partition coefficient (Wildman–Crippen LogP) is 2.28. The number of rotatable bonds is 3. The third kappa shape index (κ3) is 2.80. The lowest BCUT2D eigenvalue weighted by atomic mass is 10.1. The van der Waals surface area contributed by atoms with Crippen molar-refractivity contribution in [2.24, 2.45) is 0 Å². The number of aromatic nitrogens is 3. The lowest BCUT2D eigenvalue weighted by molar-refractivity contribution is 0.0516. The van der Waals surface area contributed by atoms with E-state index in [-0.39, 0.29) is 23.1 Å². The minimum Gasteiger partial charge on any atom is -0.461 e. The lowest BCUT2D eigenvalue weighted by Gasteiger charge is -2.12. The first-order chi connectivity index (χ1) is 12.5. The first-order valence-electron chi connectivity index (χ1n) is 7.73. The summed E-state index contributed by atoms with van der Waals surface area (Å²) in [5.41, 5.74) is -0.140. The number of carbonyl (C=O) groups is 1. The SMILES string of the molecule is CCOC(=O)c1nn(-c2cnc(F)c(C)c2)c2cccc(C#N)c2c1=O. The molecular formula is C18H13FN4O3. The Balaban J connectivity index is 2.43. The smallest absolute Gasteiger partial charge is 0.362 e. The summed E-state index contributed by atoms with van der Waals surface area (Å²) in [4.78, 5) is 28.5. The van der Waals surface area contributed by atoms with Crippen LogP contribution in [0.4, 0.5) is 4.39 Å². The molecule has 0 aliphatic heterocycles. The van der Waals surface area contributed by atoms with Crippen LogP contribution < -0.4 is 5.43 Å². The summed E-state index contributed by atoms with van der Waals surface area (Å²) in [6, 6.07) is 8.06. The molecule has 0 aliphatic carbocycles. The number of nitriles is 1. The standard InChI is InChI=1S/C18H13FN4O3/c1-3-26-18(25)15-16(24)14-11(8-20)5-4-6-13(14)23(22-15)12-7-10(2)17(19)21-9-12/h4-7,9H,3H2,1-2H3. The van der Waals surface area contributed by atoms with Crippen molar-refractivity contribution < 1.29 is 13.9 Å². The van der Waals surface area contributed by atoms with E-state index in [1.165, 1.54) is 29.9 Å². The number of hydrogen-bond donors (Lipinski definition) is 0. The third-order valence-corrected chi connectivity index (χ3v) is 3.75. The highest BCUT2D eigenvalue weighted by Gasteiger charge is 2.21. The second-order valence-electron chi connectivity index (χ2n) is 5.42. The molecule has 3 aromatic rings. The van der Waals surface area contributed by atoms with Crippen LogP contribution in [0.2, 0.25) is 0 Å². The van der Waals surface area contributed by atoms with Crippen LogP contribution in [-0.4, -0.2) is 27.3 Å². The number of carbonyl (C=O) groups excluding carboxylic acids is 1. The predicted molar refractivity (Wildman–Crippen MR) is 90.5 cm³/mol. The van der Waals surface area contributed by atoms with E-state index in [0.29, 0.717) is 11.2 Å². The first kappa shape index (κ1) is 17.2. The van der Waals surface area contributed by atoms with E-state index in [2.05, 4.69) is 10.1 Å². The van der Waals surface area contributed by atoms with Gasteiger partial charge in [-0.15, -0.1) is 0 Å². The molecule has 3 rings (SSSR count). The van der Waals surface area contributed by atoms with E-state index < -0.39 is 23.0 Å². The molecule has 0 radical (unpaired) electrons. The average Bonchev–Trinajstić information content (AvgIpc) is 2.64. The molecule has 0 bridgehead atoms. The van der Waals surface area contributed by atoms with Gasteiger partial charge in [-0.25, -0.2) is 14.5 Å². The maximum atomic E-state index is 13.5. The number of esters is 1. The molecule has 7 nitrogen and oxygen atoms in total. The van der Waals surface area contributed by atoms with Crippen LogP contribution >= 0.6 is 0 Å². The normalized spacial score (nSPS) is 10.5. The number of pyridine rings is 1. The highest BCUT2D eigenvalue weighted by molar-refractivity contribution is 5.94. The number of aryl methyl sites for hydroxylation is 1. The van der Waals surface area contributed by atoms with Gasteiger partial charge >= 0.3 is 5.97 Å². The molecule has 0 atom stereocenters. The van der Waals surface area contributed by atoms with Gasteiger partial charge < -0.3 is 4.74 Å². The Labute approximate surface area is 147 Å². The minimum absolute atomic E-state index is 0.0371. The lowest BCUT2D eigenvalue weighted by Crippen LogP contribution is -2.24. The fourth-order valence-electron chi connectivity index (χ4n) is 2.56. The van der Waals surface area contributed by atoms with Gasteiger partial charge in [-0.3, -0.25) is 4.79 Å². The van der Waals surface area contributed by atoms with Crippen LogP contribution in [0.3, 0.4) is 0 Å². The van der Waals surface area contributed by atoms with E-state index in [4.69, 9.17) is 4.74 Å². The van der Waals surface area contributed by atoms with Crippen molar-refractivity contribution in [3.63, 3.8) is 0 Å². The molecule has 0 unspecified atom stereocenters. The quantitative estimate of drug-likeness (QED) is 0.530. The Bertz CT molecular complexity index is 1130. The molecule has 130 valence electrons. The summed E-state index contributed by atoms with van der Waals surface area (Å²) in [5, 5.41) is 13.5. The van der Waals surface area contributed by atoms with E-state index >= 15 is 0 Å². The van der Waals surface area contributed by atoms with Crippen molar-refractivity contribution in [3.8, 4) is 11.8 Å². The van der Waals surface area contributed by atoms with E-state index in [9.17, 15) is 19.2 Å². The molecule has 0 saturated heterocycles. The van der Waals surface area contributed by atoms with E-state index in [0.717, 1.165) is 0 Å². The Morgan fingerprint density at radius 3 is 2.85 bits per heavy atom. The van der Waals surface area contributed by atoms with Gasteiger partial charge in [0.1, 0.15) is 0 Å². The fourth-order valence-corrected chi connectivity index (χ4v) is 2.56. The van der Waals surface area contributed by atoms with Gasteiger partial charge in [0, 0.05) is 5.56 Å². The number of fused-ring (bicyclic) bond motifs is 1. The zero-order valence-electron chi connectivity index (χ0n) is 14.0. The van der Waals surface area contributed by atoms with Gasteiger partial charge in [0.2, 0.25) is 17.1 Å². The van der Waals surface area contributed by atoms with Gasteiger partial charge in [0.15, 0.2) is 0 Å². The zero-order chi connectivity index (χ0) is 18.8. The maximum Gasteiger partial charge on any atom is 0.362 e. The number of nitrogens with zero attached hydrogens (tertiary/aromatic N) is 4. The molecule has 0 fully saturated rings. The Morgan fingerprint density at radius 1 is 1.42 bits per heavy atom. The van der Waals surface area contributed by atoms with Gasteiger partial charge in [-0.1, -0.05) is 6.07 Å². The zero-order valence-corrected chi connectivity index (χ0v) is 14.0. The van der Waals surface area contributed by atoms with Crippen LogP contribution in [0.15, 0.2) is 35.3 Å². The van der Waals surface area contributed by atoms with Crippen molar-refractivity contribution in [2.75, 3.05) is 6.61 Å². The molecule has 0 aliphatic rings. The minimum atomic E-state index is -0.896. The molecular weight excluding hydrogens is 339 g/mol. The Kier molecular flexibility index (Phi) is 4.45. The third-order valence-electron chi connectivity index (χ3n) is 3.75. The van der Waals surface area contributed by atoms with Crippen molar-refractivity contribution >= 4 is 16.9 Å². The maximum absolute atomic E-state index is 13.5. The summed E-state index contributed by atoms with van der Waals surface area (Å²) >= 11 is 0. The molecule has 2 aromatic heterocycles. The van der Waals surface area contributed by atoms with Crippen molar-refractivity contribution in [3.05, 3.63) is 63.5 Å². The monoisotopic (exact) mass is 352 g/mol. The number of halogens is 1. The Morgan fingerprint density at radius 2 is 2.19 bits per heavy atom. The van der Waals surface area contributed by atoms with Crippen LogP contribution in [0, 0.1) is 24.2 Å². The van der Waals surface area contributed by atoms with Gasteiger partial charge in [0.25, 0.3) is 0 Å². The number of ether oxygens (including phenoxy) is 1. The molecule has 0 saturated carbocycles. The largest absolute Gasteiger partial charge is 0.461 e. The van der Waals surface area contributed by atoms with Gasteiger partial charge in [0.05, 0.1) is 41.0 Å². The molecule has 8 heteroatoms. The summed E-state index contributed by atoms with van der Waals surface area (Å²) in [6.45, 7) is 3.20. The first-order valence-corrected chi connectivity index (χ1v) is 7.73. The Hall–Kier alpha value is -3.60. The molecule has 26 heavy (non-hydrogen) atoms. The van der Waals surface area contributed by atoms with Crippen LogP contribution in [0.5, 0.6) is 0 Å². The van der Waals surface area contributed by atoms with Crippen LogP contribution in [0.1, 0.15) is 28.5 Å².